The molecule has 0 unspecified atom stereocenters. The summed E-state index contributed by atoms with van der Waals surface area (Å²) in [5.41, 5.74) is 12.9. The number of fused-ring (bicyclic) bond motifs is 6. The Morgan fingerprint density at radius 3 is 1.86 bits per heavy atom. The second-order valence-corrected chi connectivity index (χ2v) is 16.9. The van der Waals surface area contributed by atoms with Crippen LogP contribution in [0.1, 0.15) is 82.7 Å². The van der Waals surface area contributed by atoms with Crippen LogP contribution in [0.4, 0.5) is 0 Å². The van der Waals surface area contributed by atoms with Gasteiger partial charge in [-0.2, -0.15) is 35.4 Å². The summed E-state index contributed by atoms with van der Waals surface area (Å²) in [6, 6.07) is 46.4. The Morgan fingerprint density at radius 2 is 1.25 bits per heavy atom. The first kappa shape index (κ1) is 38.8. The zero-order valence-corrected chi connectivity index (χ0v) is 35.5. The Bertz CT molecular complexity index is 2160. The van der Waals surface area contributed by atoms with Crippen molar-refractivity contribution < 1.29 is 26.2 Å². The van der Waals surface area contributed by atoms with Gasteiger partial charge in [0.2, 0.25) is 0 Å². The Labute approximate surface area is 329 Å². The van der Waals surface area contributed by atoms with Crippen molar-refractivity contribution in [3.8, 4) is 22.3 Å². The van der Waals surface area contributed by atoms with Crippen LogP contribution in [-0.4, -0.2) is 9.52 Å². The van der Waals surface area contributed by atoms with Gasteiger partial charge in [0.05, 0.1) is 0 Å². The van der Waals surface area contributed by atoms with E-state index in [2.05, 4.69) is 183 Å². The molecule has 0 atom stereocenters. The van der Waals surface area contributed by atoms with Gasteiger partial charge < -0.3 is 0 Å². The Balaban J connectivity index is 0.000000184. The SMILES string of the molecule is CC(C)(C)c1c[c-]c2c(c1)-c1cc(C(C)(C)C)ccc1C2.CCCc1cc2c(-c3c4ccccc4cc4ccccc34)cccc2[cH-]1.C[Si]C.[Zr+2]. The molecule has 0 nitrogen and oxygen atoms in total. The molecule has 8 rings (SSSR count). The molecule has 0 fully saturated rings. The first-order valence-electron chi connectivity index (χ1n) is 18.3. The van der Waals surface area contributed by atoms with Crippen molar-refractivity contribution in [2.24, 2.45) is 0 Å². The molecule has 2 heteroatoms. The van der Waals surface area contributed by atoms with Crippen molar-refractivity contribution in [2.75, 3.05) is 0 Å². The van der Waals surface area contributed by atoms with Crippen molar-refractivity contribution in [3.05, 3.63) is 149 Å². The van der Waals surface area contributed by atoms with E-state index < -0.39 is 0 Å². The molecule has 0 amide bonds. The molecule has 0 saturated heterocycles. The molecule has 256 valence electrons. The summed E-state index contributed by atoms with van der Waals surface area (Å²) in [5.74, 6) is 0. The first-order chi connectivity index (χ1) is 23.9. The molecule has 0 aromatic heterocycles. The average molecular weight is 760 g/mol. The van der Waals surface area contributed by atoms with Crippen molar-refractivity contribution >= 4 is 41.8 Å². The monoisotopic (exact) mass is 758 g/mol. The van der Waals surface area contributed by atoms with E-state index in [4.69, 9.17) is 0 Å². The van der Waals surface area contributed by atoms with Crippen LogP contribution in [0.25, 0.3) is 54.6 Å². The Hall–Kier alpha value is -3.45. The maximum atomic E-state index is 3.53. The van der Waals surface area contributed by atoms with Gasteiger partial charge in [-0.15, -0.1) is 40.1 Å². The van der Waals surface area contributed by atoms with Crippen molar-refractivity contribution in [2.45, 2.75) is 91.7 Å². The number of rotatable bonds is 3. The van der Waals surface area contributed by atoms with Gasteiger partial charge in [0.1, 0.15) is 0 Å². The molecule has 0 saturated carbocycles. The van der Waals surface area contributed by atoms with Crippen molar-refractivity contribution in [1.82, 2.24) is 0 Å². The van der Waals surface area contributed by atoms with Crippen LogP contribution < -0.4 is 0 Å². The Kier molecular flexibility index (Phi) is 12.2. The van der Waals surface area contributed by atoms with Gasteiger partial charge in [-0.05, 0) is 57.0 Å². The second-order valence-electron chi connectivity index (χ2n) is 15.9. The minimum atomic E-state index is 0. The van der Waals surface area contributed by atoms with E-state index >= 15 is 0 Å². The second kappa shape index (κ2) is 16.1. The smallest absolute Gasteiger partial charge is 0.179 e. The molecular formula is C49H52SiZr. The molecule has 7 aromatic carbocycles. The fourth-order valence-corrected chi connectivity index (χ4v) is 7.24. The zero-order chi connectivity index (χ0) is 35.6. The van der Waals surface area contributed by atoms with E-state index in [0.29, 0.717) is 0 Å². The van der Waals surface area contributed by atoms with Gasteiger partial charge in [0, 0.05) is 9.52 Å². The zero-order valence-electron chi connectivity index (χ0n) is 32.1. The predicted molar refractivity (Wildman–Crippen MR) is 222 cm³/mol. The van der Waals surface area contributed by atoms with E-state index in [1.807, 2.05) is 0 Å². The van der Waals surface area contributed by atoms with Gasteiger partial charge in [0.25, 0.3) is 0 Å². The summed E-state index contributed by atoms with van der Waals surface area (Å²) in [4.78, 5) is 0. The maximum absolute atomic E-state index is 3.53. The molecule has 0 bridgehead atoms. The van der Waals surface area contributed by atoms with Gasteiger partial charge >= 0.3 is 26.2 Å². The maximum Gasteiger partial charge on any atom is 2.00 e. The summed E-state index contributed by atoms with van der Waals surface area (Å²) >= 11 is 0. The van der Waals surface area contributed by atoms with Crippen LogP contribution in [0.15, 0.2) is 115 Å². The number of benzene rings is 6. The quantitative estimate of drug-likeness (QED) is 0.0956. The standard InChI is InChI=1S/C26H21.C21H25.C2H6Si.Zr/c1-2-8-18-15-19-11-7-14-24(25(19)16-18)26-22-12-5-3-9-20(22)17-21-10-4-6-13-23(21)26;1-20(2,3)16-9-7-14-11-15-8-10-17(21(4,5)6)13-19(15)18(14)12-16;1-3-2;/h3-7,9-17H,2,8H2,1H3;7,9-10,12-13H,11H2,1-6H3;1-2H3;/q2*-1;;+2. The van der Waals surface area contributed by atoms with Crippen LogP contribution in [0.2, 0.25) is 13.1 Å². The first-order valence-corrected chi connectivity index (χ1v) is 20.3. The van der Waals surface area contributed by atoms with Gasteiger partial charge in [0.15, 0.2) is 0 Å². The number of hydrogen-bond acceptors (Lipinski definition) is 0. The van der Waals surface area contributed by atoms with E-state index in [1.54, 1.807) is 0 Å². The fourth-order valence-electron chi connectivity index (χ4n) is 7.24. The molecule has 0 spiro atoms. The summed E-state index contributed by atoms with van der Waals surface area (Å²) in [6.07, 6.45) is 3.35. The molecule has 1 aliphatic rings. The largest absolute Gasteiger partial charge is 2.00 e. The average Bonchev–Trinajstić information content (AvgIpc) is 3.67. The fraction of sp³-hybridized carbons (Fsp3) is 0.286. The number of hydrogen-bond donors (Lipinski definition) is 0. The molecule has 51 heavy (non-hydrogen) atoms. The third kappa shape index (κ3) is 8.29. The molecule has 7 aromatic rings. The van der Waals surface area contributed by atoms with E-state index in [-0.39, 0.29) is 37.0 Å². The van der Waals surface area contributed by atoms with E-state index in [9.17, 15) is 0 Å². The van der Waals surface area contributed by atoms with Gasteiger partial charge in [-0.3, -0.25) is 0 Å². The van der Waals surface area contributed by atoms with E-state index in [1.165, 1.54) is 88.8 Å². The summed E-state index contributed by atoms with van der Waals surface area (Å²) < 4.78 is 0. The summed E-state index contributed by atoms with van der Waals surface area (Å²) in [5, 5.41) is 7.99. The minimum absolute atomic E-state index is 0. The summed E-state index contributed by atoms with van der Waals surface area (Å²) in [7, 11) is 1.08. The third-order valence-electron chi connectivity index (χ3n) is 9.92. The van der Waals surface area contributed by atoms with Crippen LogP contribution >= 0.6 is 0 Å². The third-order valence-corrected chi connectivity index (χ3v) is 9.92. The van der Waals surface area contributed by atoms with Gasteiger partial charge in [-0.25, -0.2) is 0 Å². The van der Waals surface area contributed by atoms with Crippen LogP contribution in [0.3, 0.4) is 0 Å². The Morgan fingerprint density at radius 1 is 0.647 bits per heavy atom. The molecule has 1 aliphatic carbocycles. The van der Waals surface area contributed by atoms with Crippen LogP contribution in [0, 0.1) is 6.07 Å². The molecule has 0 aliphatic heterocycles. The van der Waals surface area contributed by atoms with Crippen LogP contribution in [0.5, 0.6) is 0 Å². The predicted octanol–water partition coefficient (Wildman–Crippen LogP) is 13.9. The van der Waals surface area contributed by atoms with Crippen molar-refractivity contribution in [3.63, 3.8) is 0 Å². The normalized spacial score (nSPS) is 12.0. The van der Waals surface area contributed by atoms with E-state index in [0.717, 1.165) is 22.4 Å². The van der Waals surface area contributed by atoms with Gasteiger partial charge in [-0.1, -0.05) is 163 Å². The van der Waals surface area contributed by atoms with Crippen molar-refractivity contribution in [1.29, 1.82) is 0 Å². The number of aryl methyl sites for hydroxylation is 1. The topological polar surface area (TPSA) is 0 Å². The van der Waals surface area contributed by atoms with Crippen LogP contribution in [-0.2, 0) is 49.9 Å². The molecular weight excluding hydrogens is 708 g/mol. The molecule has 0 N–H and O–H groups in total. The molecule has 2 radical (unpaired) electrons. The summed E-state index contributed by atoms with van der Waals surface area (Å²) in [6.45, 7) is 20.2. The molecule has 0 heterocycles. The minimum Gasteiger partial charge on any atom is -0.179 e.